The highest BCUT2D eigenvalue weighted by Gasteiger charge is 2.10. The van der Waals surface area contributed by atoms with E-state index in [1.807, 2.05) is 13.0 Å². The normalized spacial score (nSPS) is 11.4. The van der Waals surface area contributed by atoms with E-state index in [4.69, 9.17) is 72.2 Å². The van der Waals surface area contributed by atoms with Crippen molar-refractivity contribution in [3.05, 3.63) is 43.9 Å². The molecule has 25 heavy (non-hydrogen) atoms. The van der Waals surface area contributed by atoms with Crippen molar-refractivity contribution < 1.29 is 14.2 Å². The van der Waals surface area contributed by atoms with Crippen LogP contribution in [0, 0.1) is 0 Å². The van der Waals surface area contributed by atoms with Crippen molar-refractivity contribution in [1.82, 2.24) is 0 Å². The van der Waals surface area contributed by atoms with Gasteiger partial charge >= 0.3 is 0 Å². The van der Waals surface area contributed by atoms with E-state index in [1.165, 1.54) is 6.08 Å². The van der Waals surface area contributed by atoms with Crippen LogP contribution in [0.2, 0.25) is 10.0 Å². The van der Waals surface area contributed by atoms with Crippen LogP contribution in [0.1, 0.15) is 19.8 Å². The lowest BCUT2D eigenvalue weighted by Gasteiger charge is -2.12. The van der Waals surface area contributed by atoms with E-state index in [-0.39, 0.29) is 11.1 Å². The average Bonchev–Trinajstić information content (AvgIpc) is 2.51. The van der Waals surface area contributed by atoms with E-state index in [0.717, 1.165) is 17.9 Å². The Labute approximate surface area is 173 Å². The summed E-state index contributed by atoms with van der Waals surface area (Å²) in [5.74, 6) is 0.937. The van der Waals surface area contributed by atoms with Gasteiger partial charge in [-0.25, -0.2) is 0 Å². The van der Waals surface area contributed by atoms with Crippen LogP contribution in [0.25, 0.3) is 0 Å². The van der Waals surface area contributed by atoms with Crippen LogP contribution in [-0.2, 0) is 4.74 Å². The Bertz CT molecular complexity index is 571. The predicted molar refractivity (Wildman–Crippen MR) is 107 cm³/mol. The third-order valence-electron chi connectivity index (χ3n) is 2.87. The SMILES string of the molecule is C/C(Cl)=C/COCCCCOc1c(Cl)cc(OCC=C(Cl)Cl)cc1Cl. The van der Waals surface area contributed by atoms with Gasteiger partial charge < -0.3 is 14.2 Å². The summed E-state index contributed by atoms with van der Waals surface area (Å²) < 4.78 is 16.6. The Morgan fingerprint density at radius 1 is 0.920 bits per heavy atom. The predicted octanol–water partition coefficient (Wildman–Crippen LogP) is 7.01. The fraction of sp³-hybridized carbons (Fsp3) is 0.412. The van der Waals surface area contributed by atoms with E-state index < -0.39 is 0 Å². The number of unbranched alkanes of at least 4 members (excludes halogenated alkanes) is 1. The molecule has 0 aliphatic rings. The summed E-state index contributed by atoms with van der Waals surface area (Å²) in [7, 11) is 0. The first-order valence-corrected chi connectivity index (χ1v) is 9.45. The molecule has 0 radical (unpaired) electrons. The second-order valence-electron chi connectivity index (χ2n) is 4.94. The maximum Gasteiger partial charge on any atom is 0.156 e. The Hall–Kier alpha value is -0.290. The van der Waals surface area contributed by atoms with Gasteiger partial charge in [0.1, 0.15) is 16.8 Å². The molecule has 0 aliphatic carbocycles. The lowest BCUT2D eigenvalue weighted by molar-refractivity contribution is 0.152. The molecule has 140 valence electrons. The molecular formula is C17H19Cl5O3. The molecule has 8 heteroatoms. The zero-order valence-electron chi connectivity index (χ0n) is 13.7. The summed E-state index contributed by atoms with van der Waals surface area (Å²) in [4.78, 5) is 0. The molecule has 3 nitrogen and oxygen atoms in total. The molecule has 0 bridgehead atoms. The van der Waals surface area contributed by atoms with Gasteiger partial charge in [0.05, 0.1) is 23.3 Å². The first kappa shape index (κ1) is 22.8. The molecule has 1 aromatic carbocycles. The molecule has 0 N–H and O–H groups in total. The number of rotatable bonds is 11. The third-order valence-corrected chi connectivity index (χ3v) is 3.90. The molecular weight excluding hydrogens is 429 g/mol. The summed E-state index contributed by atoms with van der Waals surface area (Å²) in [6.07, 6.45) is 5.00. The molecule has 0 saturated carbocycles. The minimum atomic E-state index is 0.134. The first-order valence-electron chi connectivity index (χ1n) is 7.56. The van der Waals surface area contributed by atoms with E-state index in [0.29, 0.717) is 41.4 Å². The van der Waals surface area contributed by atoms with Crippen molar-refractivity contribution in [2.24, 2.45) is 0 Å². The Kier molecular flexibility index (Phi) is 11.8. The van der Waals surface area contributed by atoms with Crippen LogP contribution >= 0.6 is 58.0 Å². The molecule has 0 atom stereocenters. The van der Waals surface area contributed by atoms with Gasteiger partial charge in [-0.15, -0.1) is 0 Å². The van der Waals surface area contributed by atoms with Gasteiger partial charge in [-0.3, -0.25) is 0 Å². The standard InChI is InChI=1S/C17H19Cl5O3/c1-12(18)4-8-23-6-2-3-7-25-17-14(19)10-13(11-15(17)20)24-9-5-16(21)22/h4-5,10-11H,2-3,6-9H2,1H3/b12-4-. The van der Waals surface area contributed by atoms with Crippen LogP contribution < -0.4 is 9.47 Å². The molecule has 1 aromatic rings. The van der Waals surface area contributed by atoms with Crippen molar-refractivity contribution in [1.29, 1.82) is 0 Å². The van der Waals surface area contributed by atoms with Gasteiger partial charge in [0.25, 0.3) is 0 Å². The van der Waals surface area contributed by atoms with Crippen LogP contribution in [-0.4, -0.2) is 26.4 Å². The lowest BCUT2D eigenvalue weighted by atomic mass is 10.3. The van der Waals surface area contributed by atoms with Crippen molar-refractivity contribution >= 4 is 58.0 Å². The van der Waals surface area contributed by atoms with Gasteiger partial charge in [-0.1, -0.05) is 58.0 Å². The van der Waals surface area contributed by atoms with Gasteiger partial charge in [0.15, 0.2) is 5.75 Å². The van der Waals surface area contributed by atoms with Crippen LogP contribution in [0.15, 0.2) is 33.8 Å². The molecule has 0 heterocycles. The largest absolute Gasteiger partial charge is 0.490 e. The number of benzene rings is 1. The lowest BCUT2D eigenvalue weighted by Crippen LogP contribution is -2.02. The Morgan fingerprint density at radius 2 is 1.56 bits per heavy atom. The zero-order chi connectivity index (χ0) is 18.7. The Morgan fingerprint density at radius 3 is 2.16 bits per heavy atom. The van der Waals surface area contributed by atoms with Crippen molar-refractivity contribution in [2.45, 2.75) is 19.8 Å². The summed E-state index contributed by atoms with van der Waals surface area (Å²) in [5, 5.41) is 1.48. The quantitative estimate of drug-likeness (QED) is 0.341. The van der Waals surface area contributed by atoms with Gasteiger partial charge in [0, 0.05) is 23.8 Å². The monoisotopic (exact) mass is 446 g/mol. The van der Waals surface area contributed by atoms with E-state index >= 15 is 0 Å². The number of hydrogen-bond acceptors (Lipinski definition) is 3. The van der Waals surface area contributed by atoms with E-state index in [1.54, 1.807) is 12.1 Å². The average molecular weight is 449 g/mol. The van der Waals surface area contributed by atoms with E-state index in [2.05, 4.69) is 0 Å². The number of hydrogen-bond donors (Lipinski definition) is 0. The van der Waals surface area contributed by atoms with Gasteiger partial charge in [0.2, 0.25) is 0 Å². The molecule has 0 fully saturated rings. The van der Waals surface area contributed by atoms with Gasteiger partial charge in [-0.2, -0.15) is 0 Å². The van der Waals surface area contributed by atoms with Crippen LogP contribution in [0.3, 0.4) is 0 Å². The number of allylic oxidation sites excluding steroid dienone is 1. The second-order valence-corrected chi connectivity index (χ2v) is 7.36. The number of halogens is 5. The highest BCUT2D eigenvalue weighted by Crippen LogP contribution is 2.37. The van der Waals surface area contributed by atoms with Crippen LogP contribution in [0.4, 0.5) is 0 Å². The molecule has 0 saturated heterocycles. The minimum Gasteiger partial charge on any atom is -0.490 e. The smallest absolute Gasteiger partial charge is 0.156 e. The fourth-order valence-electron chi connectivity index (χ4n) is 1.70. The first-order chi connectivity index (χ1) is 11.9. The maximum atomic E-state index is 6.19. The molecule has 0 aliphatic heterocycles. The van der Waals surface area contributed by atoms with Crippen molar-refractivity contribution in [2.75, 3.05) is 26.4 Å². The zero-order valence-corrected chi connectivity index (χ0v) is 17.4. The topological polar surface area (TPSA) is 27.7 Å². The molecule has 0 spiro atoms. The van der Waals surface area contributed by atoms with E-state index in [9.17, 15) is 0 Å². The molecule has 0 unspecified atom stereocenters. The highest BCUT2D eigenvalue weighted by molar-refractivity contribution is 6.55. The van der Waals surface area contributed by atoms with Gasteiger partial charge in [-0.05, 0) is 31.9 Å². The summed E-state index contributed by atoms with van der Waals surface area (Å²) >= 11 is 29.1. The molecule has 0 aromatic heterocycles. The molecule has 0 amide bonds. The molecule has 1 rings (SSSR count). The van der Waals surface area contributed by atoms with Crippen molar-refractivity contribution in [3.63, 3.8) is 0 Å². The number of ether oxygens (including phenoxy) is 3. The fourth-order valence-corrected chi connectivity index (χ4v) is 2.46. The maximum absolute atomic E-state index is 6.19. The van der Waals surface area contributed by atoms with Crippen molar-refractivity contribution in [3.8, 4) is 11.5 Å². The minimum absolute atomic E-state index is 0.134. The highest BCUT2D eigenvalue weighted by atomic mass is 35.5. The second kappa shape index (κ2) is 13.0. The summed E-state index contributed by atoms with van der Waals surface area (Å²) in [6, 6.07) is 3.26. The summed E-state index contributed by atoms with van der Waals surface area (Å²) in [5.41, 5.74) is 0. The summed E-state index contributed by atoms with van der Waals surface area (Å²) in [6.45, 7) is 3.66. The van der Waals surface area contributed by atoms with Crippen LogP contribution in [0.5, 0.6) is 11.5 Å². The third kappa shape index (κ3) is 10.4. The Balaban J connectivity index is 2.36.